The quantitative estimate of drug-likeness (QED) is 0.741. The van der Waals surface area contributed by atoms with Crippen LogP contribution in [0.15, 0.2) is 0 Å². The highest BCUT2D eigenvalue weighted by Gasteiger charge is 2.35. The number of hydrogen-bond acceptors (Lipinski definition) is 8. The fourth-order valence-electron chi connectivity index (χ4n) is 2.99. The number of carbonyl (C=O) groups is 1. The molecule has 0 saturated carbocycles. The molecule has 0 aliphatic carbocycles. The van der Waals surface area contributed by atoms with E-state index in [4.69, 9.17) is 21.1 Å². The predicted molar refractivity (Wildman–Crippen MR) is 97.7 cm³/mol. The predicted octanol–water partition coefficient (Wildman–Crippen LogP) is 1.83. The lowest BCUT2D eigenvalue weighted by molar-refractivity contribution is 0.0299. The highest BCUT2D eigenvalue weighted by atomic mass is 35.5. The monoisotopic (exact) mass is 384 g/mol. The fourth-order valence-corrected chi connectivity index (χ4v) is 3.15. The van der Waals surface area contributed by atoms with Crippen molar-refractivity contribution in [3.63, 3.8) is 0 Å². The van der Waals surface area contributed by atoms with E-state index in [1.807, 2.05) is 20.8 Å². The molecule has 2 N–H and O–H groups in total. The Morgan fingerprint density at radius 3 is 2.58 bits per heavy atom. The molecule has 2 saturated heterocycles. The van der Waals surface area contributed by atoms with Gasteiger partial charge >= 0.3 is 6.09 Å². The van der Waals surface area contributed by atoms with Crippen molar-refractivity contribution in [1.29, 1.82) is 0 Å². The third-order valence-corrected chi connectivity index (χ3v) is 4.17. The summed E-state index contributed by atoms with van der Waals surface area (Å²) < 4.78 is 11.0. The summed E-state index contributed by atoms with van der Waals surface area (Å²) in [6, 6.07) is 0. The summed E-state index contributed by atoms with van der Waals surface area (Å²) >= 11 is 6.04. The molecule has 2 bridgehead atoms. The lowest BCUT2D eigenvalue weighted by atomic mass is 10.2. The molecular weight excluding hydrogens is 360 g/mol. The molecule has 2 unspecified atom stereocenters. The summed E-state index contributed by atoms with van der Waals surface area (Å²) in [4.78, 5) is 26.5. The molecule has 1 aromatic heterocycles. The van der Waals surface area contributed by atoms with Crippen molar-refractivity contribution < 1.29 is 14.3 Å². The lowest BCUT2D eigenvalue weighted by Crippen LogP contribution is -2.43. The number of anilines is 2. The number of nitrogens with zero attached hydrogens (tertiary/aromatic N) is 4. The number of nitrogens with one attached hydrogen (secondary N) is 2. The van der Waals surface area contributed by atoms with Gasteiger partial charge in [-0.1, -0.05) is 0 Å². The van der Waals surface area contributed by atoms with Crippen LogP contribution in [0.3, 0.4) is 0 Å². The van der Waals surface area contributed by atoms with Crippen LogP contribution < -0.4 is 15.5 Å². The molecule has 10 heteroatoms. The van der Waals surface area contributed by atoms with Gasteiger partial charge in [0.05, 0.1) is 12.2 Å². The van der Waals surface area contributed by atoms with E-state index >= 15 is 0 Å². The molecule has 144 valence electrons. The van der Waals surface area contributed by atoms with Crippen LogP contribution in [0, 0.1) is 0 Å². The van der Waals surface area contributed by atoms with Crippen molar-refractivity contribution in [3.8, 4) is 0 Å². The van der Waals surface area contributed by atoms with Crippen molar-refractivity contribution in [2.45, 2.75) is 51.4 Å². The molecule has 1 aromatic rings. The van der Waals surface area contributed by atoms with Crippen LogP contribution in [0.5, 0.6) is 0 Å². The molecule has 2 aliphatic heterocycles. The van der Waals surface area contributed by atoms with Gasteiger partial charge in [-0.15, -0.1) is 0 Å². The Labute approximate surface area is 157 Å². The number of alkyl carbamates (subject to hydrolysis) is 1. The van der Waals surface area contributed by atoms with E-state index in [9.17, 15) is 4.79 Å². The minimum Gasteiger partial charge on any atom is -0.444 e. The van der Waals surface area contributed by atoms with E-state index in [-0.39, 0.29) is 17.5 Å². The molecule has 2 atom stereocenters. The number of amides is 1. The van der Waals surface area contributed by atoms with Crippen LogP contribution in [0.25, 0.3) is 0 Å². The highest BCUT2D eigenvalue weighted by Crippen LogP contribution is 2.28. The Hall–Kier alpha value is -1.87. The molecular formula is C16H25ClN6O3. The zero-order valence-corrected chi connectivity index (χ0v) is 16.0. The Morgan fingerprint density at radius 1 is 1.23 bits per heavy atom. The van der Waals surface area contributed by atoms with Gasteiger partial charge in [-0.25, -0.2) is 4.79 Å². The van der Waals surface area contributed by atoms with Gasteiger partial charge in [0, 0.05) is 26.2 Å². The number of rotatable bonds is 5. The minimum atomic E-state index is -0.522. The summed E-state index contributed by atoms with van der Waals surface area (Å²) in [5.74, 6) is 0.928. The van der Waals surface area contributed by atoms with Crippen LogP contribution in [0.2, 0.25) is 5.28 Å². The lowest BCUT2D eigenvalue weighted by Gasteiger charge is -2.32. The average molecular weight is 385 g/mol. The van der Waals surface area contributed by atoms with Crippen LogP contribution in [0.1, 0.15) is 33.6 Å². The van der Waals surface area contributed by atoms with E-state index in [0.29, 0.717) is 25.0 Å². The third-order valence-electron chi connectivity index (χ3n) is 4.00. The molecule has 3 heterocycles. The van der Waals surface area contributed by atoms with Crippen molar-refractivity contribution in [2.75, 3.05) is 36.4 Å². The second-order valence-corrected chi connectivity index (χ2v) is 7.78. The largest absolute Gasteiger partial charge is 0.444 e. The van der Waals surface area contributed by atoms with Gasteiger partial charge in [0.25, 0.3) is 0 Å². The molecule has 9 nitrogen and oxygen atoms in total. The molecule has 1 amide bonds. The van der Waals surface area contributed by atoms with Gasteiger partial charge in [0.2, 0.25) is 17.2 Å². The minimum absolute atomic E-state index is 0.136. The number of halogens is 1. The van der Waals surface area contributed by atoms with Crippen molar-refractivity contribution in [2.24, 2.45) is 0 Å². The van der Waals surface area contributed by atoms with Gasteiger partial charge in [-0.3, -0.25) is 0 Å². The van der Waals surface area contributed by atoms with Gasteiger partial charge < -0.3 is 25.0 Å². The number of carbonyl (C=O) groups excluding carboxylic acids is 1. The second kappa shape index (κ2) is 7.79. The second-order valence-electron chi connectivity index (χ2n) is 7.45. The maximum atomic E-state index is 11.6. The van der Waals surface area contributed by atoms with Crippen molar-refractivity contribution >= 4 is 29.6 Å². The van der Waals surface area contributed by atoms with E-state index in [1.165, 1.54) is 0 Å². The summed E-state index contributed by atoms with van der Waals surface area (Å²) in [6.07, 6.45) is 2.15. The summed E-state index contributed by atoms with van der Waals surface area (Å²) in [5, 5.41) is 5.85. The Bertz CT molecular complexity index is 641. The zero-order valence-electron chi connectivity index (χ0n) is 15.3. The topological polar surface area (TPSA) is 102 Å². The number of ether oxygens (including phenoxy) is 2. The summed E-state index contributed by atoms with van der Waals surface area (Å²) in [6.45, 7) is 7.78. The standard InChI is InChI=1S/C16H25ClN6O3/c1-16(2,3)26-15(24)19-7-6-18-13-20-12(17)21-14(22-13)23-8-10-4-5-11(9-23)25-10/h10-11H,4-9H2,1-3H3,(H,19,24)(H,18,20,21,22). The first-order chi connectivity index (χ1) is 12.3. The van der Waals surface area contributed by atoms with Gasteiger partial charge in [-0.05, 0) is 45.2 Å². The average Bonchev–Trinajstić information content (AvgIpc) is 2.87. The molecule has 0 radical (unpaired) electrons. The Kier molecular flexibility index (Phi) is 5.67. The maximum absolute atomic E-state index is 11.6. The van der Waals surface area contributed by atoms with Gasteiger partial charge in [-0.2, -0.15) is 15.0 Å². The molecule has 26 heavy (non-hydrogen) atoms. The van der Waals surface area contributed by atoms with Gasteiger partial charge in [0.1, 0.15) is 5.60 Å². The van der Waals surface area contributed by atoms with Gasteiger partial charge in [0.15, 0.2) is 0 Å². The number of fused-ring (bicyclic) bond motifs is 2. The van der Waals surface area contributed by atoms with Crippen LogP contribution >= 0.6 is 11.6 Å². The number of aromatic nitrogens is 3. The number of hydrogen-bond donors (Lipinski definition) is 2. The fraction of sp³-hybridized carbons (Fsp3) is 0.750. The van der Waals surface area contributed by atoms with Crippen LogP contribution in [0.4, 0.5) is 16.7 Å². The van der Waals surface area contributed by atoms with Crippen molar-refractivity contribution in [3.05, 3.63) is 5.28 Å². The summed E-state index contributed by atoms with van der Waals surface area (Å²) in [5.41, 5.74) is -0.522. The van der Waals surface area contributed by atoms with E-state index < -0.39 is 11.7 Å². The number of morpholine rings is 1. The van der Waals surface area contributed by atoms with Crippen LogP contribution in [-0.2, 0) is 9.47 Å². The zero-order chi connectivity index (χ0) is 18.7. The first kappa shape index (κ1) is 18.9. The van der Waals surface area contributed by atoms with E-state index in [2.05, 4.69) is 30.5 Å². The van der Waals surface area contributed by atoms with Crippen LogP contribution in [-0.4, -0.2) is 65.0 Å². The smallest absolute Gasteiger partial charge is 0.407 e. The highest BCUT2D eigenvalue weighted by molar-refractivity contribution is 6.28. The Balaban J connectivity index is 1.51. The normalized spacial score (nSPS) is 22.2. The molecule has 2 fully saturated rings. The van der Waals surface area contributed by atoms with E-state index in [0.717, 1.165) is 25.9 Å². The molecule has 2 aliphatic rings. The Morgan fingerprint density at radius 2 is 1.92 bits per heavy atom. The maximum Gasteiger partial charge on any atom is 0.407 e. The summed E-state index contributed by atoms with van der Waals surface area (Å²) in [7, 11) is 0. The first-order valence-electron chi connectivity index (χ1n) is 8.81. The first-order valence-corrected chi connectivity index (χ1v) is 9.19. The molecule has 0 spiro atoms. The SMILES string of the molecule is CC(C)(C)OC(=O)NCCNc1nc(Cl)nc(N2CC3CCC(C2)O3)n1. The molecule has 0 aromatic carbocycles. The van der Waals surface area contributed by atoms with E-state index in [1.54, 1.807) is 0 Å². The third kappa shape index (κ3) is 5.31. The molecule has 3 rings (SSSR count). The van der Waals surface area contributed by atoms with Crippen molar-refractivity contribution in [1.82, 2.24) is 20.3 Å².